The van der Waals surface area contributed by atoms with Gasteiger partial charge in [0, 0.05) is 24.7 Å². The molecule has 3 rings (SSSR count). The third-order valence-corrected chi connectivity index (χ3v) is 4.47. The lowest BCUT2D eigenvalue weighted by Gasteiger charge is -2.28. The Labute approximate surface area is 143 Å². The second-order valence-electron chi connectivity index (χ2n) is 6.43. The van der Waals surface area contributed by atoms with Crippen molar-refractivity contribution in [3.63, 3.8) is 0 Å². The third kappa shape index (κ3) is 4.23. The number of ether oxygens (including phenoxy) is 1. The Hall–Kier alpha value is -2.14. The minimum Gasteiger partial charge on any atom is -0.491 e. The van der Waals surface area contributed by atoms with Gasteiger partial charge in [-0.2, -0.15) is 0 Å². The van der Waals surface area contributed by atoms with Crippen molar-refractivity contribution in [3.05, 3.63) is 36.5 Å². The molecule has 2 heterocycles. The summed E-state index contributed by atoms with van der Waals surface area (Å²) in [6, 6.07) is 9.88. The molecule has 0 saturated carbocycles. The van der Waals surface area contributed by atoms with Crippen molar-refractivity contribution in [2.24, 2.45) is 5.92 Å². The van der Waals surface area contributed by atoms with Gasteiger partial charge in [-0.05, 0) is 45.0 Å². The van der Waals surface area contributed by atoms with Crippen molar-refractivity contribution in [1.82, 2.24) is 15.2 Å². The topological polar surface area (TPSA) is 54.5 Å². The SMILES string of the molecule is CN1CCC[C@H](C(=O)NCCCOc2cccc3cccnc23)C1. The molecule has 24 heavy (non-hydrogen) atoms. The average molecular weight is 327 g/mol. The van der Waals surface area contributed by atoms with E-state index in [1.807, 2.05) is 30.3 Å². The van der Waals surface area contributed by atoms with Gasteiger partial charge in [-0.1, -0.05) is 18.2 Å². The summed E-state index contributed by atoms with van der Waals surface area (Å²) < 4.78 is 5.84. The molecule has 128 valence electrons. The van der Waals surface area contributed by atoms with Crippen molar-refractivity contribution in [3.8, 4) is 5.75 Å². The quantitative estimate of drug-likeness (QED) is 0.828. The summed E-state index contributed by atoms with van der Waals surface area (Å²) in [6.07, 6.45) is 4.66. The number of amides is 1. The molecular formula is C19H25N3O2. The van der Waals surface area contributed by atoms with Crippen LogP contribution in [0.4, 0.5) is 0 Å². The summed E-state index contributed by atoms with van der Waals surface area (Å²) in [4.78, 5) is 18.8. The summed E-state index contributed by atoms with van der Waals surface area (Å²) >= 11 is 0. The smallest absolute Gasteiger partial charge is 0.224 e. The van der Waals surface area contributed by atoms with Gasteiger partial charge in [0.25, 0.3) is 0 Å². The molecule has 5 heteroatoms. The largest absolute Gasteiger partial charge is 0.491 e. The van der Waals surface area contributed by atoms with Gasteiger partial charge in [0.2, 0.25) is 5.91 Å². The van der Waals surface area contributed by atoms with E-state index in [1.165, 1.54) is 0 Å². The molecule has 5 nitrogen and oxygen atoms in total. The van der Waals surface area contributed by atoms with Crippen LogP contribution in [0.15, 0.2) is 36.5 Å². The van der Waals surface area contributed by atoms with Gasteiger partial charge in [0.1, 0.15) is 11.3 Å². The first-order valence-electron chi connectivity index (χ1n) is 8.67. The number of hydrogen-bond acceptors (Lipinski definition) is 4. The molecule has 1 aromatic carbocycles. The van der Waals surface area contributed by atoms with Crippen LogP contribution in [0, 0.1) is 5.92 Å². The zero-order chi connectivity index (χ0) is 16.8. The highest BCUT2D eigenvalue weighted by Crippen LogP contribution is 2.22. The van der Waals surface area contributed by atoms with Gasteiger partial charge in [-0.15, -0.1) is 0 Å². The van der Waals surface area contributed by atoms with Crippen molar-refractivity contribution >= 4 is 16.8 Å². The molecule has 0 radical (unpaired) electrons. The first-order valence-corrected chi connectivity index (χ1v) is 8.67. The number of nitrogens with one attached hydrogen (secondary N) is 1. The number of fused-ring (bicyclic) bond motifs is 1. The Kier molecular flexibility index (Phi) is 5.64. The fraction of sp³-hybridized carbons (Fsp3) is 0.474. The predicted molar refractivity (Wildman–Crippen MR) is 95.1 cm³/mol. The molecule has 1 amide bonds. The maximum Gasteiger partial charge on any atom is 0.224 e. The number of carbonyl (C=O) groups is 1. The zero-order valence-corrected chi connectivity index (χ0v) is 14.2. The monoisotopic (exact) mass is 327 g/mol. The van der Waals surface area contributed by atoms with Crippen molar-refractivity contribution in [2.45, 2.75) is 19.3 Å². The number of likely N-dealkylation sites (tertiary alicyclic amines) is 1. The highest BCUT2D eigenvalue weighted by Gasteiger charge is 2.23. The van der Waals surface area contributed by atoms with Gasteiger partial charge in [-0.25, -0.2) is 0 Å². The minimum absolute atomic E-state index is 0.131. The van der Waals surface area contributed by atoms with Crippen LogP contribution in [-0.2, 0) is 4.79 Å². The van der Waals surface area contributed by atoms with Crippen LogP contribution in [0.1, 0.15) is 19.3 Å². The second kappa shape index (κ2) is 8.11. The maximum absolute atomic E-state index is 12.2. The predicted octanol–water partition coefficient (Wildman–Crippen LogP) is 2.46. The van der Waals surface area contributed by atoms with E-state index in [9.17, 15) is 4.79 Å². The van der Waals surface area contributed by atoms with Gasteiger partial charge >= 0.3 is 0 Å². The molecule has 0 spiro atoms. The molecule has 0 aliphatic carbocycles. The number of carbonyl (C=O) groups excluding carboxylic acids is 1. The van der Waals surface area contributed by atoms with E-state index in [-0.39, 0.29) is 11.8 Å². The Bertz CT molecular complexity index is 684. The van der Waals surface area contributed by atoms with Crippen molar-refractivity contribution in [2.75, 3.05) is 33.3 Å². The number of nitrogens with zero attached hydrogens (tertiary/aromatic N) is 2. The lowest BCUT2D eigenvalue weighted by molar-refractivity contribution is -0.126. The van der Waals surface area contributed by atoms with Crippen LogP contribution in [0.2, 0.25) is 0 Å². The van der Waals surface area contributed by atoms with Crippen LogP contribution >= 0.6 is 0 Å². The molecule has 0 unspecified atom stereocenters. The summed E-state index contributed by atoms with van der Waals surface area (Å²) in [6.45, 7) is 3.18. The zero-order valence-electron chi connectivity index (χ0n) is 14.2. The molecule has 1 N–H and O–H groups in total. The molecular weight excluding hydrogens is 302 g/mol. The summed E-state index contributed by atoms with van der Waals surface area (Å²) in [5.41, 5.74) is 0.884. The standard InChI is InChI=1S/C19H25N3O2/c1-22-12-4-8-16(14-22)19(23)21-11-5-13-24-17-9-2-6-15-7-3-10-20-18(15)17/h2-3,6-7,9-10,16H,4-5,8,11-14H2,1H3,(H,21,23)/t16-/m0/s1. The molecule has 1 aromatic heterocycles. The normalized spacial score (nSPS) is 18.5. The number of benzene rings is 1. The van der Waals surface area contributed by atoms with Gasteiger partial charge in [0.05, 0.1) is 12.5 Å². The Morgan fingerprint density at radius 3 is 3.12 bits per heavy atom. The van der Waals surface area contributed by atoms with Gasteiger partial charge < -0.3 is 15.0 Å². The number of hydrogen-bond donors (Lipinski definition) is 1. The first-order chi connectivity index (χ1) is 11.7. The van der Waals surface area contributed by atoms with Crippen LogP contribution < -0.4 is 10.1 Å². The number of para-hydroxylation sites is 1. The van der Waals surface area contributed by atoms with Crippen LogP contribution in [0.3, 0.4) is 0 Å². The molecule has 1 aliphatic heterocycles. The Balaban J connectivity index is 1.41. The van der Waals surface area contributed by atoms with E-state index in [4.69, 9.17) is 4.74 Å². The molecule has 1 atom stereocenters. The van der Waals surface area contributed by atoms with Crippen molar-refractivity contribution < 1.29 is 9.53 Å². The Morgan fingerprint density at radius 1 is 1.38 bits per heavy atom. The van der Waals surface area contributed by atoms with Crippen LogP contribution in [0.5, 0.6) is 5.75 Å². The number of piperidine rings is 1. The molecule has 1 saturated heterocycles. The summed E-state index contributed by atoms with van der Waals surface area (Å²) in [5.74, 6) is 1.11. The summed E-state index contributed by atoms with van der Waals surface area (Å²) in [7, 11) is 2.07. The van der Waals surface area contributed by atoms with E-state index in [2.05, 4.69) is 22.2 Å². The maximum atomic E-state index is 12.2. The number of pyridine rings is 1. The number of rotatable bonds is 6. The molecule has 1 fully saturated rings. The molecule has 2 aromatic rings. The van der Waals surface area contributed by atoms with Gasteiger partial charge in [-0.3, -0.25) is 9.78 Å². The summed E-state index contributed by atoms with van der Waals surface area (Å²) in [5, 5.41) is 4.11. The highest BCUT2D eigenvalue weighted by molar-refractivity contribution is 5.84. The van der Waals surface area contributed by atoms with E-state index in [0.717, 1.165) is 49.0 Å². The second-order valence-corrected chi connectivity index (χ2v) is 6.43. The lowest BCUT2D eigenvalue weighted by Crippen LogP contribution is -2.41. The van der Waals surface area contributed by atoms with E-state index in [1.54, 1.807) is 6.20 Å². The fourth-order valence-electron chi connectivity index (χ4n) is 3.18. The molecule has 1 aliphatic rings. The Morgan fingerprint density at radius 2 is 2.25 bits per heavy atom. The number of aromatic nitrogens is 1. The van der Waals surface area contributed by atoms with Gasteiger partial charge in [0.15, 0.2) is 0 Å². The van der Waals surface area contributed by atoms with Crippen molar-refractivity contribution in [1.29, 1.82) is 0 Å². The van der Waals surface area contributed by atoms with E-state index in [0.29, 0.717) is 13.2 Å². The minimum atomic E-state index is 0.131. The van der Waals surface area contributed by atoms with E-state index < -0.39 is 0 Å². The van der Waals surface area contributed by atoms with Crippen LogP contribution in [0.25, 0.3) is 10.9 Å². The lowest BCUT2D eigenvalue weighted by atomic mass is 9.97. The highest BCUT2D eigenvalue weighted by atomic mass is 16.5. The molecule has 0 bridgehead atoms. The first kappa shape index (κ1) is 16.7. The fourth-order valence-corrected chi connectivity index (χ4v) is 3.18. The van der Waals surface area contributed by atoms with E-state index >= 15 is 0 Å². The third-order valence-electron chi connectivity index (χ3n) is 4.47. The average Bonchev–Trinajstić information content (AvgIpc) is 2.61. The van der Waals surface area contributed by atoms with Crippen LogP contribution in [-0.4, -0.2) is 49.1 Å².